The van der Waals surface area contributed by atoms with E-state index in [2.05, 4.69) is 0 Å². The highest BCUT2D eigenvalue weighted by molar-refractivity contribution is 4.78. The first kappa shape index (κ1) is 7.64. The average molecular weight is 140 g/mol. The first-order chi connectivity index (χ1) is 4.93. The van der Waals surface area contributed by atoms with E-state index in [0.29, 0.717) is 0 Å². The molecule has 0 unspecified atom stereocenters. The normalized spacial score (nSPS) is 22.0. The summed E-state index contributed by atoms with van der Waals surface area (Å²) < 4.78 is 0. The van der Waals surface area contributed by atoms with Crippen molar-refractivity contribution >= 4 is 0 Å². The fourth-order valence-electron chi connectivity index (χ4n) is 1.68. The average Bonchev–Trinajstić information content (AvgIpc) is 2.03. The quantitative estimate of drug-likeness (QED) is 0.584. The van der Waals surface area contributed by atoms with Gasteiger partial charge in [-0.15, -0.1) is 0 Å². The lowest BCUT2D eigenvalue weighted by Crippen LogP contribution is -2.04. The molecule has 0 spiro atoms. The molecule has 58 valence electrons. The van der Waals surface area contributed by atoms with E-state index in [1.165, 1.54) is 38.4 Å². The molecule has 1 N–H and O–H groups in total. The van der Waals surface area contributed by atoms with Crippen LogP contribution in [-0.4, -0.2) is 5.11 Å². The van der Waals surface area contributed by atoms with Gasteiger partial charge in [-0.25, -0.2) is 0 Å². The summed E-state index contributed by atoms with van der Waals surface area (Å²) >= 11 is 0. The number of aliphatic hydroxyl groups is 1. The third kappa shape index (κ3) is 2.42. The molecule has 0 bridgehead atoms. The molecule has 0 aliphatic heterocycles. The van der Waals surface area contributed by atoms with E-state index in [4.69, 9.17) is 5.11 Å². The van der Waals surface area contributed by atoms with Crippen LogP contribution >= 0.6 is 0 Å². The molecule has 0 radical (unpaired) electrons. The van der Waals surface area contributed by atoms with Crippen LogP contribution in [0.1, 0.15) is 38.5 Å². The van der Waals surface area contributed by atoms with Crippen molar-refractivity contribution in [1.82, 2.24) is 0 Å². The lowest BCUT2D eigenvalue weighted by atomic mass is 9.87. The van der Waals surface area contributed by atoms with Crippen molar-refractivity contribution in [2.45, 2.75) is 38.5 Å². The maximum atomic E-state index is 8.42. The van der Waals surface area contributed by atoms with E-state index in [9.17, 15) is 0 Å². The smallest absolute Gasteiger partial charge is 0.0751 e. The van der Waals surface area contributed by atoms with Gasteiger partial charge < -0.3 is 5.11 Å². The molecule has 1 heteroatoms. The molecule has 1 aliphatic rings. The summed E-state index contributed by atoms with van der Waals surface area (Å²) in [7, 11) is 0. The predicted molar refractivity (Wildman–Crippen MR) is 43.0 cm³/mol. The fraction of sp³-hybridized carbons (Fsp3) is 0.778. The molecule has 0 aromatic rings. The summed E-state index contributed by atoms with van der Waals surface area (Å²) in [5.41, 5.74) is 0. The highest BCUT2D eigenvalue weighted by Crippen LogP contribution is 2.26. The number of rotatable bonds is 2. The van der Waals surface area contributed by atoms with Crippen molar-refractivity contribution in [1.29, 1.82) is 0 Å². The van der Waals surface area contributed by atoms with Crippen molar-refractivity contribution in [2.75, 3.05) is 0 Å². The van der Waals surface area contributed by atoms with Crippen LogP contribution in [0.2, 0.25) is 0 Å². The topological polar surface area (TPSA) is 20.2 Å². The monoisotopic (exact) mass is 140 g/mol. The van der Waals surface area contributed by atoms with Crippen LogP contribution in [0, 0.1) is 5.92 Å². The van der Waals surface area contributed by atoms with E-state index in [0.717, 1.165) is 12.3 Å². The second-order valence-electron chi connectivity index (χ2n) is 3.12. The Balaban J connectivity index is 2.13. The third-order valence-electron chi connectivity index (χ3n) is 2.30. The second kappa shape index (κ2) is 4.37. The summed E-state index contributed by atoms with van der Waals surface area (Å²) in [6.45, 7) is 0. The molecule has 1 fully saturated rings. The van der Waals surface area contributed by atoms with Crippen molar-refractivity contribution in [3.8, 4) is 0 Å². The van der Waals surface area contributed by atoms with E-state index >= 15 is 0 Å². The van der Waals surface area contributed by atoms with Gasteiger partial charge in [0.1, 0.15) is 0 Å². The minimum Gasteiger partial charge on any atom is -0.516 e. The van der Waals surface area contributed by atoms with E-state index in [1.54, 1.807) is 0 Å². The second-order valence-corrected chi connectivity index (χ2v) is 3.12. The molecule has 1 nitrogen and oxygen atoms in total. The van der Waals surface area contributed by atoms with Gasteiger partial charge in [-0.1, -0.05) is 32.1 Å². The Morgan fingerprint density at radius 1 is 1.20 bits per heavy atom. The predicted octanol–water partition coefficient (Wildman–Crippen LogP) is 3.03. The van der Waals surface area contributed by atoms with Gasteiger partial charge in [0.2, 0.25) is 0 Å². The zero-order valence-electron chi connectivity index (χ0n) is 6.42. The molecule has 0 saturated heterocycles. The lowest BCUT2D eigenvalue weighted by Gasteiger charge is -2.19. The highest BCUT2D eigenvalue weighted by Gasteiger charge is 2.10. The molecule has 0 atom stereocenters. The SMILES string of the molecule is OC=CCC1CCCCC1. The van der Waals surface area contributed by atoms with Gasteiger partial charge in [0.25, 0.3) is 0 Å². The number of hydrogen-bond acceptors (Lipinski definition) is 1. The summed E-state index contributed by atoms with van der Waals surface area (Å²) in [5, 5.41) is 8.42. The molecule has 1 saturated carbocycles. The fourth-order valence-corrected chi connectivity index (χ4v) is 1.68. The maximum Gasteiger partial charge on any atom is 0.0751 e. The minimum absolute atomic E-state index is 0.858. The third-order valence-corrected chi connectivity index (χ3v) is 2.30. The first-order valence-electron chi connectivity index (χ1n) is 4.22. The van der Waals surface area contributed by atoms with Crippen LogP contribution in [0.5, 0.6) is 0 Å². The van der Waals surface area contributed by atoms with E-state index < -0.39 is 0 Å². The number of hydrogen-bond donors (Lipinski definition) is 1. The van der Waals surface area contributed by atoms with Crippen molar-refractivity contribution < 1.29 is 5.11 Å². The Hall–Kier alpha value is -0.460. The summed E-state index contributed by atoms with van der Waals surface area (Å²) in [6.07, 6.45) is 11.1. The van der Waals surface area contributed by atoms with E-state index in [1.807, 2.05) is 6.08 Å². The molecular weight excluding hydrogens is 124 g/mol. The van der Waals surface area contributed by atoms with Crippen LogP contribution in [0.4, 0.5) is 0 Å². The van der Waals surface area contributed by atoms with Crippen LogP contribution in [0.3, 0.4) is 0 Å². The molecule has 1 rings (SSSR count). The molecular formula is C9H16O. The Morgan fingerprint density at radius 2 is 1.90 bits per heavy atom. The van der Waals surface area contributed by atoms with Crippen molar-refractivity contribution in [3.05, 3.63) is 12.3 Å². The molecule has 10 heavy (non-hydrogen) atoms. The summed E-state index contributed by atoms with van der Waals surface area (Å²) in [4.78, 5) is 0. The lowest BCUT2D eigenvalue weighted by molar-refractivity contribution is 0.358. The van der Waals surface area contributed by atoms with Gasteiger partial charge in [-0.05, 0) is 18.4 Å². The summed E-state index contributed by atoms with van der Waals surface area (Å²) in [6, 6.07) is 0. The van der Waals surface area contributed by atoms with Crippen LogP contribution in [-0.2, 0) is 0 Å². The zero-order chi connectivity index (χ0) is 7.23. The molecule has 0 heterocycles. The number of aliphatic hydroxyl groups excluding tert-OH is 1. The van der Waals surface area contributed by atoms with Gasteiger partial charge in [0.15, 0.2) is 0 Å². The maximum absolute atomic E-state index is 8.42. The standard InChI is InChI=1S/C9H16O/c10-8-4-7-9-5-2-1-3-6-9/h4,8-10H,1-3,5-7H2. The molecule has 1 aliphatic carbocycles. The Bertz CT molecular complexity index is 101. The number of allylic oxidation sites excluding steroid dienone is 1. The van der Waals surface area contributed by atoms with Crippen LogP contribution in [0.25, 0.3) is 0 Å². The van der Waals surface area contributed by atoms with Crippen LogP contribution in [0.15, 0.2) is 12.3 Å². The van der Waals surface area contributed by atoms with Crippen molar-refractivity contribution in [3.63, 3.8) is 0 Å². The Morgan fingerprint density at radius 3 is 2.50 bits per heavy atom. The van der Waals surface area contributed by atoms with Gasteiger partial charge in [0, 0.05) is 0 Å². The van der Waals surface area contributed by atoms with Gasteiger partial charge in [-0.2, -0.15) is 0 Å². The molecule has 0 aromatic carbocycles. The molecule has 0 amide bonds. The highest BCUT2D eigenvalue weighted by atomic mass is 16.2. The summed E-state index contributed by atoms with van der Waals surface area (Å²) in [5.74, 6) is 0.858. The largest absolute Gasteiger partial charge is 0.516 e. The zero-order valence-corrected chi connectivity index (χ0v) is 6.42. The van der Waals surface area contributed by atoms with Gasteiger partial charge in [-0.3, -0.25) is 0 Å². The van der Waals surface area contributed by atoms with Crippen molar-refractivity contribution in [2.24, 2.45) is 5.92 Å². The van der Waals surface area contributed by atoms with Gasteiger partial charge in [0.05, 0.1) is 6.26 Å². The van der Waals surface area contributed by atoms with Gasteiger partial charge >= 0.3 is 0 Å². The Labute approximate surface area is 62.8 Å². The first-order valence-corrected chi connectivity index (χ1v) is 4.22. The van der Waals surface area contributed by atoms with Crippen LogP contribution < -0.4 is 0 Å². The van der Waals surface area contributed by atoms with E-state index in [-0.39, 0.29) is 0 Å². The molecule has 0 aromatic heterocycles. The Kier molecular flexibility index (Phi) is 3.34. The minimum atomic E-state index is 0.858.